The summed E-state index contributed by atoms with van der Waals surface area (Å²) in [4.78, 5) is 0. The molecule has 7 atom stereocenters. The lowest BCUT2D eigenvalue weighted by atomic mass is 9.60. The first-order valence-corrected chi connectivity index (χ1v) is 12.6. The van der Waals surface area contributed by atoms with Crippen LogP contribution in [-0.2, 0) is 0 Å². The van der Waals surface area contributed by atoms with Crippen molar-refractivity contribution in [3.63, 3.8) is 0 Å². The molecular formula is C28H46O3. The van der Waals surface area contributed by atoms with Crippen LogP contribution in [0.25, 0.3) is 0 Å². The molecule has 0 aliphatic heterocycles. The molecule has 0 bridgehead atoms. The van der Waals surface area contributed by atoms with E-state index in [2.05, 4.69) is 32.6 Å². The van der Waals surface area contributed by atoms with Crippen molar-refractivity contribution in [2.75, 3.05) is 0 Å². The summed E-state index contributed by atoms with van der Waals surface area (Å²) in [5, 5.41) is 30.7. The fourth-order valence-electron chi connectivity index (χ4n) is 6.91. The third kappa shape index (κ3) is 5.37. The second kappa shape index (κ2) is 9.53. The van der Waals surface area contributed by atoms with Gasteiger partial charge in [0, 0.05) is 5.92 Å². The smallest absolute Gasteiger partial charge is 0.0837 e. The van der Waals surface area contributed by atoms with Crippen LogP contribution in [0, 0.1) is 29.1 Å². The van der Waals surface area contributed by atoms with Crippen LogP contribution < -0.4 is 0 Å². The Morgan fingerprint density at radius 1 is 1.23 bits per heavy atom. The molecule has 0 unspecified atom stereocenters. The van der Waals surface area contributed by atoms with Gasteiger partial charge in [0.2, 0.25) is 0 Å². The molecule has 0 heterocycles. The van der Waals surface area contributed by atoms with E-state index < -0.39 is 17.8 Å². The maximum absolute atomic E-state index is 10.4. The van der Waals surface area contributed by atoms with Crippen LogP contribution in [0.4, 0.5) is 0 Å². The first kappa shape index (κ1) is 24.7. The quantitative estimate of drug-likeness (QED) is 0.488. The molecule has 0 amide bonds. The van der Waals surface area contributed by atoms with Gasteiger partial charge in [0.1, 0.15) is 0 Å². The third-order valence-corrected chi connectivity index (χ3v) is 8.97. The highest BCUT2D eigenvalue weighted by atomic mass is 16.3. The van der Waals surface area contributed by atoms with E-state index >= 15 is 0 Å². The predicted molar refractivity (Wildman–Crippen MR) is 129 cm³/mol. The maximum Gasteiger partial charge on any atom is 0.0837 e. The normalized spacial score (nSPS) is 40.4. The summed E-state index contributed by atoms with van der Waals surface area (Å²) in [6, 6.07) is 0. The predicted octanol–water partition coefficient (Wildman–Crippen LogP) is 5.95. The Bertz CT molecular complexity index is 712. The van der Waals surface area contributed by atoms with Gasteiger partial charge in [-0.15, -0.1) is 0 Å². The van der Waals surface area contributed by atoms with Gasteiger partial charge in [-0.2, -0.15) is 0 Å². The van der Waals surface area contributed by atoms with Crippen molar-refractivity contribution in [1.82, 2.24) is 0 Å². The van der Waals surface area contributed by atoms with E-state index in [1.807, 2.05) is 20.8 Å². The third-order valence-electron chi connectivity index (χ3n) is 8.97. The van der Waals surface area contributed by atoms with Crippen LogP contribution in [-0.4, -0.2) is 33.1 Å². The average Bonchev–Trinajstić information content (AvgIpc) is 3.04. The van der Waals surface area contributed by atoms with Gasteiger partial charge < -0.3 is 15.3 Å². The zero-order valence-electron chi connectivity index (χ0n) is 20.5. The summed E-state index contributed by atoms with van der Waals surface area (Å²) < 4.78 is 0. The number of fused-ring (bicyclic) bond motifs is 1. The van der Waals surface area contributed by atoms with Gasteiger partial charge in [-0.3, -0.25) is 0 Å². The van der Waals surface area contributed by atoms with Crippen molar-refractivity contribution in [3.05, 3.63) is 35.5 Å². The first-order chi connectivity index (χ1) is 14.4. The van der Waals surface area contributed by atoms with Gasteiger partial charge in [-0.1, -0.05) is 57.9 Å². The lowest BCUT2D eigenvalue weighted by Crippen LogP contribution is -2.36. The Balaban J connectivity index is 1.71. The van der Waals surface area contributed by atoms with E-state index in [0.717, 1.165) is 36.3 Å². The summed E-state index contributed by atoms with van der Waals surface area (Å²) >= 11 is 0. The molecule has 31 heavy (non-hydrogen) atoms. The van der Waals surface area contributed by atoms with Gasteiger partial charge in [0.05, 0.1) is 17.8 Å². The molecular weight excluding hydrogens is 384 g/mol. The van der Waals surface area contributed by atoms with Gasteiger partial charge in [0.25, 0.3) is 0 Å². The fourth-order valence-corrected chi connectivity index (χ4v) is 6.91. The van der Waals surface area contributed by atoms with Gasteiger partial charge >= 0.3 is 0 Å². The molecule has 0 spiro atoms. The van der Waals surface area contributed by atoms with Gasteiger partial charge in [0.15, 0.2) is 0 Å². The number of rotatable bonds is 6. The molecule has 0 radical (unpaired) electrons. The lowest BCUT2D eigenvalue weighted by molar-refractivity contribution is 0.0283. The largest absolute Gasteiger partial charge is 0.392 e. The summed E-state index contributed by atoms with van der Waals surface area (Å²) in [5.74, 6) is 1.94. The Kier molecular flexibility index (Phi) is 7.61. The van der Waals surface area contributed by atoms with Crippen LogP contribution in [0.15, 0.2) is 35.5 Å². The molecule has 3 nitrogen and oxygen atoms in total. The van der Waals surface area contributed by atoms with Gasteiger partial charge in [-0.05, 0) is 93.1 Å². The summed E-state index contributed by atoms with van der Waals surface area (Å²) in [7, 11) is 0. The molecule has 0 saturated heterocycles. The van der Waals surface area contributed by atoms with Crippen molar-refractivity contribution in [1.29, 1.82) is 0 Å². The van der Waals surface area contributed by atoms with Crippen molar-refractivity contribution < 1.29 is 15.3 Å². The van der Waals surface area contributed by atoms with Crippen molar-refractivity contribution in [3.8, 4) is 0 Å². The van der Waals surface area contributed by atoms with E-state index in [0.29, 0.717) is 23.7 Å². The molecule has 3 rings (SSSR count). The molecule has 3 heteroatoms. The van der Waals surface area contributed by atoms with Crippen LogP contribution in [0.1, 0.15) is 92.4 Å². The molecule has 3 saturated carbocycles. The van der Waals surface area contributed by atoms with Crippen LogP contribution in [0.2, 0.25) is 0 Å². The minimum Gasteiger partial charge on any atom is -0.392 e. The van der Waals surface area contributed by atoms with E-state index in [4.69, 9.17) is 0 Å². The lowest BCUT2D eigenvalue weighted by Gasteiger charge is -2.44. The second-order valence-corrected chi connectivity index (χ2v) is 11.8. The monoisotopic (exact) mass is 430 g/mol. The summed E-state index contributed by atoms with van der Waals surface area (Å²) in [6.45, 7) is 14.8. The minimum absolute atomic E-state index is 0.149. The first-order valence-electron chi connectivity index (χ1n) is 12.6. The second-order valence-electron chi connectivity index (χ2n) is 11.8. The van der Waals surface area contributed by atoms with Crippen molar-refractivity contribution >= 4 is 0 Å². The highest BCUT2D eigenvalue weighted by Gasteiger charge is 2.50. The molecule has 0 aromatic rings. The highest BCUT2D eigenvalue weighted by molar-refractivity contribution is 5.39. The molecule has 3 aliphatic carbocycles. The van der Waals surface area contributed by atoms with E-state index in [1.54, 1.807) is 5.57 Å². The standard InChI is InChI=1S/C28H46O3/c1-18(9-7-15-27(4,5)31)23-13-14-24-21(10-8-16-28(23,24)6)11-12-22-17-25(29)20(3)26(30)19(22)2/h11-12,18,20,23-26,29-31H,2,7-10,13-17H2,1,3-6H3/b21-11+,22-12+/t18-,20+,23-,24+,25+,26-,28-/m1/s1. The van der Waals surface area contributed by atoms with Gasteiger partial charge in [-0.25, -0.2) is 0 Å². The Labute approximate surface area is 190 Å². The molecule has 3 fully saturated rings. The molecule has 0 aromatic heterocycles. The topological polar surface area (TPSA) is 60.7 Å². The maximum atomic E-state index is 10.4. The zero-order chi connectivity index (χ0) is 23.0. The zero-order valence-corrected chi connectivity index (χ0v) is 20.5. The van der Waals surface area contributed by atoms with Crippen LogP contribution in [0.5, 0.6) is 0 Å². The number of aliphatic hydroxyl groups is 3. The number of hydrogen-bond acceptors (Lipinski definition) is 3. The van der Waals surface area contributed by atoms with E-state index in [-0.39, 0.29) is 5.92 Å². The van der Waals surface area contributed by atoms with Crippen molar-refractivity contribution in [2.45, 2.75) is 110 Å². The fraction of sp³-hybridized carbons (Fsp3) is 0.786. The van der Waals surface area contributed by atoms with E-state index in [9.17, 15) is 15.3 Å². The molecule has 3 N–H and O–H groups in total. The summed E-state index contributed by atoms with van der Waals surface area (Å²) in [5.41, 5.74) is 3.15. The molecule has 0 aromatic carbocycles. The number of hydrogen-bond donors (Lipinski definition) is 3. The Morgan fingerprint density at radius 2 is 1.94 bits per heavy atom. The van der Waals surface area contributed by atoms with E-state index in [1.165, 1.54) is 32.1 Å². The number of allylic oxidation sites excluding steroid dienone is 3. The van der Waals surface area contributed by atoms with Crippen LogP contribution in [0.3, 0.4) is 0 Å². The highest BCUT2D eigenvalue weighted by Crippen LogP contribution is 2.60. The minimum atomic E-state index is -0.648. The van der Waals surface area contributed by atoms with Crippen LogP contribution >= 0.6 is 0 Å². The van der Waals surface area contributed by atoms with Crippen molar-refractivity contribution in [2.24, 2.45) is 29.1 Å². The Hall–Kier alpha value is -0.900. The molecule has 3 aliphatic rings. The SMILES string of the molecule is C=C1/C(=C/C=C2\CCC[C@]3(C)[C@@H]([C@H](C)CCCC(C)(C)O)CC[C@@H]23)C[C@H](O)[C@H](C)[C@@H]1O. The molecule has 176 valence electrons. The number of aliphatic hydroxyl groups excluding tert-OH is 2. The average molecular weight is 431 g/mol. The Morgan fingerprint density at radius 3 is 2.61 bits per heavy atom. The summed E-state index contributed by atoms with van der Waals surface area (Å²) in [6.07, 6.45) is 13.4.